The molecule has 0 N–H and O–H groups in total. The zero-order chi connectivity index (χ0) is 13.0. The van der Waals surface area contributed by atoms with Crippen LogP contribution < -0.4 is 0 Å². The number of rotatable bonds is 1. The summed E-state index contributed by atoms with van der Waals surface area (Å²) >= 11 is 1.76. The average Bonchev–Trinajstić information content (AvgIpc) is 2.90. The second-order valence-corrected chi connectivity index (χ2v) is 4.58. The summed E-state index contributed by atoms with van der Waals surface area (Å²) in [5.74, 6) is 0. The molecule has 0 saturated carbocycles. The molecular weight excluding hydrogens is 240 g/mol. The molecule has 0 unspecified atom stereocenters. The molecule has 0 aliphatic carbocycles. The Kier molecular flexibility index (Phi) is 4.05. The predicted octanol–water partition coefficient (Wildman–Crippen LogP) is 4.69. The van der Waals surface area contributed by atoms with E-state index in [0.29, 0.717) is 0 Å². The van der Waals surface area contributed by atoms with Gasteiger partial charge in [-0.3, -0.25) is 0 Å². The summed E-state index contributed by atoms with van der Waals surface area (Å²) in [6, 6.07) is 8.48. The normalized spacial score (nSPS) is 9.94. The summed E-state index contributed by atoms with van der Waals surface area (Å²) in [5, 5.41) is 3.40. The molecule has 2 nitrogen and oxygen atoms in total. The fourth-order valence-electron chi connectivity index (χ4n) is 1.86. The molecule has 0 spiro atoms. The van der Waals surface area contributed by atoms with Crippen LogP contribution in [0.2, 0.25) is 0 Å². The van der Waals surface area contributed by atoms with Gasteiger partial charge in [-0.2, -0.15) is 0 Å². The highest BCUT2D eigenvalue weighted by Crippen LogP contribution is 2.32. The molecule has 3 heteroatoms. The van der Waals surface area contributed by atoms with E-state index >= 15 is 0 Å². The Balaban J connectivity index is 0.000000574. The van der Waals surface area contributed by atoms with Crippen LogP contribution in [0.15, 0.2) is 42.2 Å². The van der Waals surface area contributed by atoms with Gasteiger partial charge in [0.05, 0.1) is 0 Å². The van der Waals surface area contributed by atoms with Gasteiger partial charge >= 0.3 is 0 Å². The summed E-state index contributed by atoms with van der Waals surface area (Å²) in [4.78, 5) is 8.35. The van der Waals surface area contributed by atoms with Gasteiger partial charge in [0, 0.05) is 27.7 Å². The van der Waals surface area contributed by atoms with Gasteiger partial charge in [0.15, 0.2) is 0 Å². The minimum Gasteiger partial charge on any atom is -0.244 e. The van der Waals surface area contributed by atoms with Crippen molar-refractivity contribution in [3.05, 3.63) is 47.9 Å². The Labute approximate surface area is 111 Å². The summed E-state index contributed by atoms with van der Waals surface area (Å²) < 4.78 is 1.31. The van der Waals surface area contributed by atoms with Gasteiger partial charge in [0.2, 0.25) is 0 Å². The highest BCUT2D eigenvalue weighted by molar-refractivity contribution is 7.17. The molecule has 0 amide bonds. The van der Waals surface area contributed by atoms with Crippen LogP contribution in [0.1, 0.15) is 19.5 Å². The first-order valence-electron chi connectivity index (χ1n) is 6.09. The lowest BCUT2D eigenvalue weighted by molar-refractivity contribution is 1.11. The Morgan fingerprint density at radius 3 is 2.67 bits per heavy atom. The van der Waals surface area contributed by atoms with Gasteiger partial charge in [-0.05, 0) is 23.8 Å². The molecule has 18 heavy (non-hydrogen) atoms. The third-order valence-corrected chi connectivity index (χ3v) is 3.64. The lowest BCUT2D eigenvalue weighted by atomic mass is 10.0. The number of aromatic nitrogens is 2. The number of fused-ring (bicyclic) bond motifs is 1. The van der Waals surface area contributed by atoms with Gasteiger partial charge in [0.1, 0.15) is 6.33 Å². The summed E-state index contributed by atoms with van der Waals surface area (Å²) in [6.07, 6.45) is 3.48. The number of benzene rings is 1. The maximum absolute atomic E-state index is 4.24. The van der Waals surface area contributed by atoms with E-state index < -0.39 is 0 Å². The standard InChI is InChI=1S/C13H10N2S.C2H6/c1-9-12(7-14-8-15-9)11-4-2-3-10-5-6-16-13(10)11;1-2/h2-8H,1H3;1-2H3. The Morgan fingerprint density at radius 1 is 1.06 bits per heavy atom. The minimum atomic E-state index is 1.02. The van der Waals surface area contributed by atoms with Crippen molar-refractivity contribution in [1.29, 1.82) is 0 Å². The van der Waals surface area contributed by atoms with Crippen molar-refractivity contribution in [2.45, 2.75) is 20.8 Å². The fraction of sp³-hybridized carbons (Fsp3) is 0.200. The summed E-state index contributed by atoms with van der Waals surface area (Å²) in [7, 11) is 0. The fourth-order valence-corrected chi connectivity index (χ4v) is 2.79. The highest BCUT2D eigenvalue weighted by Gasteiger charge is 2.07. The number of thiophene rings is 1. The van der Waals surface area contributed by atoms with Crippen LogP contribution in [0, 0.1) is 6.92 Å². The van der Waals surface area contributed by atoms with Crippen molar-refractivity contribution in [3.63, 3.8) is 0 Å². The van der Waals surface area contributed by atoms with Crippen molar-refractivity contribution in [2.75, 3.05) is 0 Å². The molecule has 3 aromatic rings. The predicted molar refractivity (Wildman–Crippen MR) is 78.9 cm³/mol. The van der Waals surface area contributed by atoms with Crippen LogP contribution in [0.5, 0.6) is 0 Å². The largest absolute Gasteiger partial charge is 0.244 e. The SMILES string of the molecule is CC.Cc1ncncc1-c1cccc2ccsc12. The van der Waals surface area contributed by atoms with Gasteiger partial charge in [0.25, 0.3) is 0 Å². The molecule has 92 valence electrons. The number of aryl methyl sites for hydroxylation is 1. The van der Waals surface area contributed by atoms with Crippen LogP contribution in [-0.2, 0) is 0 Å². The molecular formula is C15H16N2S. The van der Waals surface area contributed by atoms with E-state index in [4.69, 9.17) is 0 Å². The first-order valence-corrected chi connectivity index (χ1v) is 6.97. The molecule has 0 aliphatic rings. The molecule has 1 aromatic carbocycles. The van der Waals surface area contributed by atoms with E-state index in [9.17, 15) is 0 Å². The third kappa shape index (κ3) is 2.27. The van der Waals surface area contributed by atoms with Crippen molar-refractivity contribution in [2.24, 2.45) is 0 Å². The molecule has 0 bridgehead atoms. The highest BCUT2D eigenvalue weighted by atomic mass is 32.1. The second kappa shape index (κ2) is 5.74. The second-order valence-electron chi connectivity index (χ2n) is 3.67. The Morgan fingerprint density at radius 2 is 1.89 bits per heavy atom. The van der Waals surface area contributed by atoms with Crippen molar-refractivity contribution >= 4 is 21.4 Å². The van der Waals surface area contributed by atoms with E-state index in [1.807, 2.05) is 27.0 Å². The van der Waals surface area contributed by atoms with Crippen LogP contribution in [-0.4, -0.2) is 9.97 Å². The summed E-state index contributed by atoms with van der Waals surface area (Å²) in [5.41, 5.74) is 3.37. The van der Waals surface area contributed by atoms with E-state index in [1.165, 1.54) is 15.6 Å². The average molecular weight is 256 g/mol. The van der Waals surface area contributed by atoms with Gasteiger partial charge in [-0.15, -0.1) is 11.3 Å². The van der Waals surface area contributed by atoms with E-state index in [1.54, 1.807) is 17.7 Å². The van der Waals surface area contributed by atoms with Crippen molar-refractivity contribution < 1.29 is 0 Å². The Bertz CT molecular complexity index is 644. The molecule has 2 heterocycles. The molecule has 3 rings (SSSR count). The van der Waals surface area contributed by atoms with Gasteiger partial charge in [-0.1, -0.05) is 32.0 Å². The van der Waals surface area contributed by atoms with Crippen LogP contribution in [0.4, 0.5) is 0 Å². The minimum absolute atomic E-state index is 1.02. The summed E-state index contributed by atoms with van der Waals surface area (Å²) in [6.45, 7) is 6.02. The van der Waals surface area contributed by atoms with Crippen molar-refractivity contribution in [3.8, 4) is 11.1 Å². The topological polar surface area (TPSA) is 25.8 Å². The lowest BCUT2D eigenvalue weighted by Gasteiger charge is -2.05. The molecule has 0 aliphatic heterocycles. The number of nitrogens with zero attached hydrogens (tertiary/aromatic N) is 2. The molecule has 0 fully saturated rings. The first-order chi connectivity index (χ1) is 8.86. The smallest absolute Gasteiger partial charge is 0.115 e. The van der Waals surface area contributed by atoms with Crippen molar-refractivity contribution in [1.82, 2.24) is 9.97 Å². The van der Waals surface area contributed by atoms with E-state index in [0.717, 1.165) is 11.3 Å². The van der Waals surface area contributed by atoms with Crippen LogP contribution >= 0.6 is 11.3 Å². The van der Waals surface area contributed by atoms with Gasteiger partial charge in [-0.25, -0.2) is 9.97 Å². The Hall–Kier alpha value is -1.74. The number of hydrogen-bond acceptors (Lipinski definition) is 3. The van der Waals surface area contributed by atoms with Crippen LogP contribution in [0.3, 0.4) is 0 Å². The molecule has 0 radical (unpaired) electrons. The van der Waals surface area contributed by atoms with E-state index in [2.05, 4.69) is 39.6 Å². The van der Waals surface area contributed by atoms with Gasteiger partial charge < -0.3 is 0 Å². The zero-order valence-electron chi connectivity index (χ0n) is 10.8. The molecule has 0 saturated heterocycles. The number of hydrogen-bond donors (Lipinski definition) is 0. The maximum atomic E-state index is 4.24. The monoisotopic (exact) mass is 256 g/mol. The molecule has 0 atom stereocenters. The lowest BCUT2D eigenvalue weighted by Crippen LogP contribution is -1.88. The third-order valence-electron chi connectivity index (χ3n) is 2.68. The quantitative estimate of drug-likeness (QED) is 0.631. The van der Waals surface area contributed by atoms with Crippen LogP contribution in [0.25, 0.3) is 21.2 Å². The molecule has 2 aromatic heterocycles. The van der Waals surface area contributed by atoms with E-state index in [-0.39, 0.29) is 0 Å². The maximum Gasteiger partial charge on any atom is 0.115 e. The first kappa shape index (κ1) is 12.7. The zero-order valence-corrected chi connectivity index (χ0v) is 11.7.